The summed E-state index contributed by atoms with van der Waals surface area (Å²) in [6.07, 6.45) is 3.62. The fourth-order valence-corrected chi connectivity index (χ4v) is 8.37. The number of furan rings is 2. The SMILES string of the molecule is c1ccc(-n2c3ccccc3c3ccccc32)c(-c2nc(-c3ccc(-c4cccc5oc6ccncc6c45)cc3)nc(-c3ccc4c(c3)oc3ccccc34)n2)c1. The first-order chi connectivity index (χ1) is 28.2. The molecule has 0 bridgehead atoms. The second kappa shape index (κ2) is 12.3. The molecule has 0 saturated carbocycles. The lowest BCUT2D eigenvalue weighted by Gasteiger charge is -2.14. The van der Waals surface area contributed by atoms with Crippen LogP contribution < -0.4 is 0 Å². The van der Waals surface area contributed by atoms with Gasteiger partial charge in [0.2, 0.25) is 0 Å². The van der Waals surface area contributed by atoms with Crippen LogP contribution in [-0.2, 0) is 0 Å². The van der Waals surface area contributed by atoms with E-state index < -0.39 is 0 Å². The lowest BCUT2D eigenvalue weighted by molar-refractivity contribution is 0.668. The van der Waals surface area contributed by atoms with E-state index in [2.05, 4.69) is 125 Å². The molecular formula is C50H29N5O2. The van der Waals surface area contributed by atoms with E-state index in [9.17, 15) is 0 Å². The summed E-state index contributed by atoms with van der Waals surface area (Å²) in [4.78, 5) is 20.0. The summed E-state index contributed by atoms with van der Waals surface area (Å²) in [7, 11) is 0. The van der Waals surface area contributed by atoms with Crippen molar-refractivity contribution in [2.45, 2.75) is 0 Å². The maximum Gasteiger partial charge on any atom is 0.166 e. The Morgan fingerprint density at radius 2 is 0.965 bits per heavy atom. The van der Waals surface area contributed by atoms with Crippen molar-refractivity contribution in [2.24, 2.45) is 0 Å². The molecule has 0 aliphatic heterocycles. The lowest BCUT2D eigenvalue weighted by atomic mass is 9.99. The molecule has 0 saturated heterocycles. The number of rotatable bonds is 5. The molecule has 7 aromatic carbocycles. The number of pyridine rings is 1. The minimum atomic E-state index is 0.556. The molecule has 5 aromatic heterocycles. The van der Waals surface area contributed by atoms with Crippen LogP contribution in [0.1, 0.15) is 0 Å². The monoisotopic (exact) mass is 731 g/mol. The summed E-state index contributed by atoms with van der Waals surface area (Å²) < 4.78 is 14.8. The topological polar surface area (TPSA) is 82.8 Å². The molecular weight excluding hydrogens is 703 g/mol. The zero-order valence-corrected chi connectivity index (χ0v) is 30.3. The van der Waals surface area contributed by atoms with Gasteiger partial charge in [0.25, 0.3) is 0 Å². The van der Waals surface area contributed by atoms with Crippen molar-refractivity contribution >= 4 is 65.7 Å². The van der Waals surface area contributed by atoms with Crippen molar-refractivity contribution in [1.82, 2.24) is 24.5 Å². The molecule has 57 heavy (non-hydrogen) atoms. The summed E-state index contributed by atoms with van der Waals surface area (Å²) in [5.74, 6) is 1.70. The van der Waals surface area contributed by atoms with Crippen molar-refractivity contribution in [2.75, 3.05) is 0 Å². The van der Waals surface area contributed by atoms with E-state index in [1.807, 2.05) is 54.7 Å². The van der Waals surface area contributed by atoms with Crippen LogP contribution in [0.15, 0.2) is 185 Å². The number of para-hydroxylation sites is 4. The quantitative estimate of drug-likeness (QED) is 0.175. The number of hydrogen-bond donors (Lipinski definition) is 0. The minimum Gasteiger partial charge on any atom is -0.456 e. The van der Waals surface area contributed by atoms with Gasteiger partial charge in [-0.25, -0.2) is 15.0 Å². The highest BCUT2D eigenvalue weighted by molar-refractivity contribution is 6.12. The highest BCUT2D eigenvalue weighted by Crippen LogP contribution is 2.39. The lowest BCUT2D eigenvalue weighted by Crippen LogP contribution is -2.03. The first-order valence-electron chi connectivity index (χ1n) is 18.9. The van der Waals surface area contributed by atoms with Crippen LogP contribution >= 0.6 is 0 Å². The van der Waals surface area contributed by atoms with Gasteiger partial charge in [0, 0.05) is 61.4 Å². The average molecular weight is 732 g/mol. The minimum absolute atomic E-state index is 0.556. The van der Waals surface area contributed by atoms with Gasteiger partial charge >= 0.3 is 0 Å². The van der Waals surface area contributed by atoms with Gasteiger partial charge in [-0.15, -0.1) is 0 Å². The third-order valence-electron chi connectivity index (χ3n) is 11.0. The average Bonchev–Trinajstić information content (AvgIpc) is 3.96. The Bertz CT molecular complexity index is 3490. The Morgan fingerprint density at radius 3 is 1.79 bits per heavy atom. The van der Waals surface area contributed by atoms with Crippen molar-refractivity contribution in [3.8, 4) is 51.0 Å². The third-order valence-corrected chi connectivity index (χ3v) is 11.0. The Kier molecular flexibility index (Phi) is 6.79. The standard InChI is InChI=1S/C50H29N5O2/c1-5-15-40-34(10-1)35-11-2-6-16-41(35)55(40)42-17-7-3-13-38(42)50-53-48(52-49(54-50)32-24-25-37-36-12-4-8-18-43(36)57-46(37)28-32)31-22-20-30(21-23-31)33-14-9-19-45-47(33)39-29-51-27-26-44(39)56-45/h1-29H. The van der Waals surface area contributed by atoms with Gasteiger partial charge in [0.1, 0.15) is 22.3 Å². The molecule has 5 heterocycles. The number of fused-ring (bicyclic) bond motifs is 9. The van der Waals surface area contributed by atoms with Gasteiger partial charge in [0.05, 0.1) is 16.7 Å². The Labute approximate surface area is 325 Å². The van der Waals surface area contributed by atoms with E-state index in [0.717, 1.165) is 88.4 Å². The van der Waals surface area contributed by atoms with Gasteiger partial charge in [-0.2, -0.15) is 0 Å². The van der Waals surface area contributed by atoms with Crippen molar-refractivity contribution in [3.63, 3.8) is 0 Å². The molecule has 12 rings (SSSR count). The summed E-state index contributed by atoms with van der Waals surface area (Å²) in [6, 6.07) is 56.2. The highest BCUT2D eigenvalue weighted by Gasteiger charge is 2.20. The third kappa shape index (κ3) is 4.92. The maximum absolute atomic E-state index is 6.32. The van der Waals surface area contributed by atoms with Crippen LogP contribution in [0, 0.1) is 0 Å². The predicted octanol–water partition coefficient (Wildman–Crippen LogP) is 12.8. The predicted molar refractivity (Wildman–Crippen MR) is 228 cm³/mol. The number of aromatic nitrogens is 5. The molecule has 0 aliphatic carbocycles. The van der Waals surface area contributed by atoms with Crippen molar-refractivity contribution < 1.29 is 8.83 Å². The zero-order chi connectivity index (χ0) is 37.5. The number of benzene rings is 7. The van der Waals surface area contributed by atoms with E-state index in [4.69, 9.17) is 23.8 Å². The van der Waals surface area contributed by atoms with Crippen molar-refractivity contribution in [1.29, 1.82) is 0 Å². The summed E-state index contributed by atoms with van der Waals surface area (Å²) in [5.41, 5.74) is 11.2. The second-order valence-corrected chi connectivity index (χ2v) is 14.2. The molecule has 7 heteroatoms. The first-order valence-corrected chi connectivity index (χ1v) is 18.9. The van der Waals surface area contributed by atoms with Crippen LogP contribution in [0.25, 0.3) is 117 Å². The second-order valence-electron chi connectivity index (χ2n) is 14.2. The zero-order valence-electron chi connectivity index (χ0n) is 30.3. The molecule has 0 unspecified atom stereocenters. The van der Waals surface area contributed by atoms with Crippen LogP contribution in [0.3, 0.4) is 0 Å². The van der Waals surface area contributed by atoms with E-state index in [-0.39, 0.29) is 0 Å². The molecule has 0 fully saturated rings. The Hall–Kier alpha value is -7.90. The maximum atomic E-state index is 6.32. The summed E-state index contributed by atoms with van der Waals surface area (Å²) in [6.45, 7) is 0. The fraction of sp³-hybridized carbons (Fsp3) is 0. The molecule has 0 aliphatic rings. The molecule has 0 atom stereocenters. The largest absolute Gasteiger partial charge is 0.456 e. The van der Waals surface area contributed by atoms with Gasteiger partial charge in [-0.1, -0.05) is 109 Å². The van der Waals surface area contributed by atoms with Gasteiger partial charge < -0.3 is 13.4 Å². The molecule has 0 amide bonds. The van der Waals surface area contributed by atoms with E-state index in [1.54, 1.807) is 6.20 Å². The van der Waals surface area contributed by atoms with Crippen LogP contribution in [-0.4, -0.2) is 24.5 Å². The molecule has 0 radical (unpaired) electrons. The van der Waals surface area contributed by atoms with Crippen molar-refractivity contribution in [3.05, 3.63) is 176 Å². The summed E-state index contributed by atoms with van der Waals surface area (Å²) >= 11 is 0. The van der Waals surface area contributed by atoms with E-state index >= 15 is 0 Å². The van der Waals surface area contributed by atoms with Gasteiger partial charge in [0.15, 0.2) is 17.5 Å². The molecule has 0 N–H and O–H groups in total. The molecule has 0 spiro atoms. The molecule has 7 nitrogen and oxygen atoms in total. The smallest absolute Gasteiger partial charge is 0.166 e. The van der Waals surface area contributed by atoms with Gasteiger partial charge in [-0.3, -0.25) is 4.98 Å². The summed E-state index contributed by atoms with van der Waals surface area (Å²) in [5, 5.41) is 6.53. The Balaban J connectivity index is 1.05. The molecule has 266 valence electrons. The first kappa shape index (κ1) is 31.5. The number of nitrogens with zero attached hydrogens (tertiary/aromatic N) is 5. The highest BCUT2D eigenvalue weighted by atomic mass is 16.3. The van der Waals surface area contributed by atoms with Crippen LogP contribution in [0.2, 0.25) is 0 Å². The normalized spacial score (nSPS) is 11.9. The van der Waals surface area contributed by atoms with Crippen LogP contribution in [0.5, 0.6) is 0 Å². The Morgan fingerprint density at radius 1 is 0.386 bits per heavy atom. The van der Waals surface area contributed by atoms with E-state index in [1.165, 1.54) is 10.8 Å². The van der Waals surface area contributed by atoms with Gasteiger partial charge in [-0.05, 0) is 65.7 Å². The van der Waals surface area contributed by atoms with E-state index in [0.29, 0.717) is 17.5 Å². The fourth-order valence-electron chi connectivity index (χ4n) is 8.37. The molecule has 12 aromatic rings. The number of hydrogen-bond acceptors (Lipinski definition) is 6. The van der Waals surface area contributed by atoms with Crippen LogP contribution in [0.4, 0.5) is 0 Å².